The first-order chi connectivity index (χ1) is 6.84. The van der Waals surface area contributed by atoms with E-state index in [-0.39, 0.29) is 0 Å². The lowest BCUT2D eigenvalue weighted by molar-refractivity contribution is -0.132. The fraction of sp³-hybridized carbons (Fsp3) is 0.909. The second kappa shape index (κ2) is 3.23. The van der Waals surface area contributed by atoms with Crippen molar-refractivity contribution >= 4 is 5.91 Å². The van der Waals surface area contributed by atoms with E-state index in [2.05, 4.69) is 10.2 Å². The lowest BCUT2D eigenvalue weighted by atomic mass is 9.76. The van der Waals surface area contributed by atoms with Crippen LogP contribution in [-0.2, 0) is 4.79 Å². The Labute approximate surface area is 84.8 Å². The number of nitrogens with one attached hydrogen (secondary N) is 1. The van der Waals surface area contributed by atoms with Gasteiger partial charge in [-0.3, -0.25) is 4.79 Å². The molecule has 0 aromatic heterocycles. The van der Waals surface area contributed by atoms with Crippen LogP contribution in [0, 0.1) is 11.8 Å². The van der Waals surface area contributed by atoms with E-state index in [1.807, 2.05) is 0 Å². The Morgan fingerprint density at radius 2 is 2.29 bits per heavy atom. The Bertz CT molecular complexity index is 248. The zero-order valence-electron chi connectivity index (χ0n) is 8.54. The van der Waals surface area contributed by atoms with Gasteiger partial charge in [-0.25, -0.2) is 0 Å². The smallest absolute Gasteiger partial charge is 0.226 e. The van der Waals surface area contributed by atoms with Crippen molar-refractivity contribution in [2.45, 2.75) is 31.7 Å². The van der Waals surface area contributed by atoms with Gasteiger partial charge < -0.3 is 10.2 Å². The third-order valence-electron chi connectivity index (χ3n) is 4.10. The van der Waals surface area contributed by atoms with E-state index in [1.54, 1.807) is 0 Å². The van der Waals surface area contributed by atoms with Crippen LogP contribution in [0.4, 0.5) is 0 Å². The van der Waals surface area contributed by atoms with Crippen molar-refractivity contribution in [2.24, 2.45) is 11.8 Å². The molecule has 3 rings (SSSR count). The van der Waals surface area contributed by atoms with Gasteiger partial charge in [-0.1, -0.05) is 0 Å². The first-order valence-electron chi connectivity index (χ1n) is 5.87. The summed E-state index contributed by atoms with van der Waals surface area (Å²) in [5.74, 6) is 1.57. The molecule has 0 aromatic rings. The van der Waals surface area contributed by atoms with Gasteiger partial charge in [0.1, 0.15) is 0 Å². The molecule has 2 saturated heterocycles. The summed E-state index contributed by atoms with van der Waals surface area (Å²) < 4.78 is 0. The van der Waals surface area contributed by atoms with E-state index in [4.69, 9.17) is 0 Å². The highest BCUT2D eigenvalue weighted by Gasteiger charge is 2.46. The van der Waals surface area contributed by atoms with E-state index < -0.39 is 0 Å². The van der Waals surface area contributed by atoms with Crippen LogP contribution < -0.4 is 5.32 Å². The Morgan fingerprint density at radius 1 is 1.36 bits per heavy atom. The van der Waals surface area contributed by atoms with Crippen LogP contribution in [0.25, 0.3) is 0 Å². The zero-order chi connectivity index (χ0) is 9.54. The van der Waals surface area contributed by atoms with Crippen molar-refractivity contribution in [3.63, 3.8) is 0 Å². The normalized spacial score (nSPS) is 41.3. The SMILES string of the molecule is O=C1C2CCC2CN1CC1CCCN1. The molecule has 3 heteroatoms. The summed E-state index contributed by atoms with van der Waals surface area (Å²) in [6.45, 7) is 3.15. The molecule has 1 aliphatic carbocycles. The van der Waals surface area contributed by atoms with Crippen LogP contribution >= 0.6 is 0 Å². The summed E-state index contributed by atoms with van der Waals surface area (Å²) in [6.07, 6.45) is 4.96. The molecule has 78 valence electrons. The molecule has 3 aliphatic rings. The van der Waals surface area contributed by atoms with E-state index >= 15 is 0 Å². The average molecular weight is 194 g/mol. The maximum Gasteiger partial charge on any atom is 0.226 e. The van der Waals surface area contributed by atoms with Gasteiger partial charge in [-0.2, -0.15) is 0 Å². The Balaban J connectivity index is 1.60. The standard InChI is InChI=1S/C11H18N2O/c14-11-10-4-3-8(10)6-13(11)7-9-2-1-5-12-9/h8-10,12H,1-7H2. The predicted octanol–water partition coefficient (Wildman–Crippen LogP) is 0.607. The van der Waals surface area contributed by atoms with E-state index in [0.717, 1.165) is 26.1 Å². The minimum atomic E-state index is 0.413. The monoisotopic (exact) mass is 194 g/mol. The number of carbonyl (C=O) groups is 1. The lowest BCUT2D eigenvalue weighted by Crippen LogP contribution is -2.38. The van der Waals surface area contributed by atoms with Crippen molar-refractivity contribution in [1.29, 1.82) is 0 Å². The van der Waals surface area contributed by atoms with Crippen molar-refractivity contribution in [3.8, 4) is 0 Å². The maximum absolute atomic E-state index is 11.9. The van der Waals surface area contributed by atoms with Gasteiger partial charge >= 0.3 is 0 Å². The summed E-state index contributed by atoms with van der Waals surface area (Å²) in [5, 5.41) is 3.46. The molecule has 1 saturated carbocycles. The van der Waals surface area contributed by atoms with Gasteiger partial charge in [0.2, 0.25) is 5.91 Å². The molecule has 0 aromatic carbocycles. The van der Waals surface area contributed by atoms with Gasteiger partial charge in [0.05, 0.1) is 0 Å². The number of amides is 1. The lowest BCUT2D eigenvalue weighted by Gasteiger charge is -2.25. The van der Waals surface area contributed by atoms with Gasteiger partial charge in [-0.05, 0) is 38.1 Å². The quantitative estimate of drug-likeness (QED) is 0.698. The Kier molecular flexibility index (Phi) is 2.01. The molecule has 2 heterocycles. The highest BCUT2D eigenvalue weighted by molar-refractivity contribution is 5.82. The first kappa shape index (κ1) is 8.72. The summed E-state index contributed by atoms with van der Waals surface area (Å²) in [4.78, 5) is 14.0. The second-order valence-corrected chi connectivity index (χ2v) is 4.98. The van der Waals surface area contributed by atoms with Crippen molar-refractivity contribution in [1.82, 2.24) is 10.2 Å². The molecular weight excluding hydrogens is 176 g/mol. The van der Waals surface area contributed by atoms with Crippen LogP contribution in [0.3, 0.4) is 0 Å². The van der Waals surface area contributed by atoms with Crippen LogP contribution in [-0.4, -0.2) is 36.5 Å². The van der Waals surface area contributed by atoms with Crippen molar-refractivity contribution in [3.05, 3.63) is 0 Å². The van der Waals surface area contributed by atoms with Crippen LogP contribution in [0.5, 0.6) is 0 Å². The Hall–Kier alpha value is -0.570. The number of carbonyl (C=O) groups excluding carboxylic acids is 1. The highest BCUT2D eigenvalue weighted by atomic mass is 16.2. The first-order valence-corrected chi connectivity index (χ1v) is 5.87. The van der Waals surface area contributed by atoms with Crippen LogP contribution in [0.2, 0.25) is 0 Å². The topological polar surface area (TPSA) is 32.3 Å². The predicted molar refractivity (Wildman–Crippen MR) is 53.8 cm³/mol. The molecule has 0 bridgehead atoms. The molecule has 1 N–H and O–H groups in total. The number of nitrogens with zero attached hydrogens (tertiary/aromatic N) is 1. The maximum atomic E-state index is 11.9. The molecule has 0 spiro atoms. The third-order valence-corrected chi connectivity index (χ3v) is 4.10. The Morgan fingerprint density at radius 3 is 2.79 bits per heavy atom. The zero-order valence-corrected chi connectivity index (χ0v) is 8.54. The highest BCUT2D eigenvalue weighted by Crippen LogP contribution is 2.41. The van der Waals surface area contributed by atoms with Gasteiger partial charge in [-0.15, -0.1) is 0 Å². The molecule has 3 nitrogen and oxygen atoms in total. The number of likely N-dealkylation sites (tertiary alicyclic amines) is 1. The molecule has 3 fully saturated rings. The molecule has 3 atom stereocenters. The van der Waals surface area contributed by atoms with Gasteiger partial charge in [0.25, 0.3) is 0 Å². The van der Waals surface area contributed by atoms with E-state index in [1.165, 1.54) is 19.3 Å². The largest absolute Gasteiger partial charge is 0.341 e. The number of hydrogen-bond donors (Lipinski definition) is 1. The van der Waals surface area contributed by atoms with Crippen LogP contribution in [0.15, 0.2) is 0 Å². The van der Waals surface area contributed by atoms with E-state index in [9.17, 15) is 4.79 Å². The fourth-order valence-corrected chi connectivity index (χ4v) is 3.06. The summed E-state index contributed by atoms with van der Waals surface area (Å²) >= 11 is 0. The number of hydrogen-bond acceptors (Lipinski definition) is 2. The third kappa shape index (κ3) is 1.26. The van der Waals surface area contributed by atoms with Gasteiger partial charge in [0, 0.05) is 25.0 Å². The summed E-state index contributed by atoms with van der Waals surface area (Å²) in [5.41, 5.74) is 0. The van der Waals surface area contributed by atoms with Crippen molar-refractivity contribution in [2.75, 3.05) is 19.6 Å². The van der Waals surface area contributed by atoms with Crippen LogP contribution in [0.1, 0.15) is 25.7 Å². The fourth-order valence-electron chi connectivity index (χ4n) is 3.06. The second-order valence-electron chi connectivity index (χ2n) is 4.98. The van der Waals surface area contributed by atoms with E-state index in [0.29, 0.717) is 23.8 Å². The van der Waals surface area contributed by atoms with Crippen molar-refractivity contribution < 1.29 is 4.79 Å². The molecular formula is C11H18N2O. The summed E-state index contributed by atoms with van der Waals surface area (Å²) in [6, 6.07) is 0.580. The molecule has 1 amide bonds. The molecule has 3 unspecified atom stereocenters. The molecule has 2 aliphatic heterocycles. The summed E-state index contributed by atoms with van der Waals surface area (Å²) in [7, 11) is 0. The average Bonchev–Trinajstić information content (AvgIpc) is 2.67. The minimum absolute atomic E-state index is 0.413. The minimum Gasteiger partial charge on any atom is -0.341 e. The number of rotatable bonds is 2. The van der Waals surface area contributed by atoms with Gasteiger partial charge in [0.15, 0.2) is 0 Å². The molecule has 14 heavy (non-hydrogen) atoms. The molecule has 0 radical (unpaired) electrons. The number of fused-ring (bicyclic) bond motifs is 1.